The summed E-state index contributed by atoms with van der Waals surface area (Å²) in [7, 11) is 0. The van der Waals surface area contributed by atoms with Gasteiger partial charge in [-0.1, -0.05) is 12.1 Å². The number of alkyl halides is 3. The number of aliphatic hydroxyl groups is 1. The van der Waals surface area contributed by atoms with Crippen molar-refractivity contribution in [2.45, 2.75) is 32.4 Å². The van der Waals surface area contributed by atoms with Crippen LogP contribution in [0.15, 0.2) is 42.7 Å². The number of carbonyl (C=O) groups excluding carboxylic acids is 1. The number of rotatable bonds is 6. The Bertz CT molecular complexity index is 1000. The molecule has 7 nitrogen and oxygen atoms in total. The standard InChI is InChI=1S/C19H19F3N4O3/c1-11(2)26-17-13(9-25-26)7-14(8-23-17)18(28)24-10-16(27)12-3-5-15(6-4-12)29-19(20,21)22/h3-9,11,16,27H,10H2,1-2H3,(H,24,28). The number of hydrogen-bond acceptors (Lipinski definition) is 5. The topological polar surface area (TPSA) is 89.3 Å². The summed E-state index contributed by atoms with van der Waals surface area (Å²) in [4.78, 5) is 16.6. The molecule has 3 aromatic rings. The number of carbonyl (C=O) groups is 1. The maximum Gasteiger partial charge on any atom is 0.573 e. The van der Waals surface area contributed by atoms with E-state index in [9.17, 15) is 23.1 Å². The molecule has 1 unspecified atom stereocenters. The summed E-state index contributed by atoms with van der Waals surface area (Å²) in [5.74, 6) is -0.827. The minimum Gasteiger partial charge on any atom is -0.406 e. The van der Waals surface area contributed by atoms with Crippen molar-refractivity contribution in [1.82, 2.24) is 20.1 Å². The Morgan fingerprint density at radius 3 is 2.55 bits per heavy atom. The van der Waals surface area contributed by atoms with E-state index in [0.717, 1.165) is 12.1 Å². The molecular weight excluding hydrogens is 389 g/mol. The third kappa shape index (κ3) is 5.02. The van der Waals surface area contributed by atoms with Crippen LogP contribution in [0.25, 0.3) is 11.0 Å². The molecule has 154 valence electrons. The summed E-state index contributed by atoms with van der Waals surface area (Å²) in [6, 6.07) is 6.57. The van der Waals surface area contributed by atoms with Crippen molar-refractivity contribution in [1.29, 1.82) is 0 Å². The maximum absolute atomic E-state index is 12.3. The lowest BCUT2D eigenvalue weighted by Crippen LogP contribution is -2.28. The van der Waals surface area contributed by atoms with Crippen LogP contribution in [0, 0.1) is 0 Å². The SMILES string of the molecule is CC(C)n1ncc2cc(C(=O)NCC(O)c3ccc(OC(F)(F)F)cc3)cnc21. The molecule has 0 radical (unpaired) electrons. The number of aromatic nitrogens is 3. The number of aliphatic hydroxyl groups excluding tert-OH is 1. The van der Waals surface area contributed by atoms with Gasteiger partial charge in [0.1, 0.15) is 5.75 Å². The minimum atomic E-state index is -4.78. The van der Waals surface area contributed by atoms with Crippen LogP contribution in [0.2, 0.25) is 0 Å². The third-order valence-electron chi connectivity index (χ3n) is 4.14. The molecule has 3 rings (SSSR count). The second kappa shape index (κ2) is 8.08. The van der Waals surface area contributed by atoms with Crippen molar-refractivity contribution in [3.05, 3.63) is 53.9 Å². The predicted molar refractivity (Wildman–Crippen MR) is 98.3 cm³/mol. The first-order valence-electron chi connectivity index (χ1n) is 8.79. The molecule has 1 atom stereocenters. The quantitative estimate of drug-likeness (QED) is 0.653. The average Bonchev–Trinajstić information content (AvgIpc) is 3.08. The molecule has 0 aliphatic carbocycles. The van der Waals surface area contributed by atoms with E-state index >= 15 is 0 Å². The molecule has 1 aromatic carbocycles. The highest BCUT2D eigenvalue weighted by Gasteiger charge is 2.31. The van der Waals surface area contributed by atoms with Gasteiger partial charge in [0, 0.05) is 24.2 Å². The number of fused-ring (bicyclic) bond motifs is 1. The smallest absolute Gasteiger partial charge is 0.406 e. The Morgan fingerprint density at radius 2 is 1.93 bits per heavy atom. The number of nitrogens with one attached hydrogen (secondary N) is 1. The number of nitrogens with zero attached hydrogens (tertiary/aromatic N) is 3. The molecule has 0 bridgehead atoms. The van der Waals surface area contributed by atoms with Crippen molar-refractivity contribution >= 4 is 16.9 Å². The third-order valence-corrected chi connectivity index (χ3v) is 4.14. The molecule has 2 heterocycles. The van der Waals surface area contributed by atoms with E-state index in [2.05, 4.69) is 20.1 Å². The molecule has 0 aliphatic rings. The van der Waals surface area contributed by atoms with E-state index in [-0.39, 0.29) is 18.3 Å². The van der Waals surface area contributed by atoms with Crippen molar-refractivity contribution in [3.63, 3.8) is 0 Å². The lowest BCUT2D eigenvalue weighted by Gasteiger charge is -2.14. The van der Waals surface area contributed by atoms with E-state index in [4.69, 9.17) is 0 Å². The van der Waals surface area contributed by atoms with Crippen LogP contribution in [0.3, 0.4) is 0 Å². The fraction of sp³-hybridized carbons (Fsp3) is 0.316. The first kappa shape index (κ1) is 20.6. The normalized spacial score (nSPS) is 12.9. The molecule has 29 heavy (non-hydrogen) atoms. The number of benzene rings is 1. The van der Waals surface area contributed by atoms with Crippen molar-refractivity contribution in [3.8, 4) is 5.75 Å². The minimum absolute atomic E-state index is 0.123. The van der Waals surface area contributed by atoms with E-state index in [1.165, 1.54) is 18.3 Å². The first-order valence-corrected chi connectivity index (χ1v) is 8.79. The molecule has 0 aliphatic heterocycles. The highest BCUT2D eigenvalue weighted by atomic mass is 19.4. The van der Waals surface area contributed by atoms with Crippen LogP contribution in [0.5, 0.6) is 5.75 Å². The summed E-state index contributed by atoms with van der Waals surface area (Å²) < 4.78 is 42.1. The molecular formula is C19H19F3N4O3. The van der Waals surface area contributed by atoms with Crippen LogP contribution < -0.4 is 10.1 Å². The predicted octanol–water partition coefficient (Wildman–Crippen LogP) is 3.37. The fourth-order valence-corrected chi connectivity index (χ4v) is 2.74. The van der Waals surface area contributed by atoms with E-state index < -0.39 is 18.4 Å². The molecule has 10 heteroatoms. The van der Waals surface area contributed by atoms with Gasteiger partial charge in [-0.3, -0.25) is 4.79 Å². The molecule has 0 saturated carbocycles. The number of halogens is 3. The van der Waals surface area contributed by atoms with Gasteiger partial charge < -0.3 is 15.2 Å². The Kier molecular flexibility index (Phi) is 5.73. The van der Waals surface area contributed by atoms with E-state index in [0.29, 0.717) is 22.2 Å². The van der Waals surface area contributed by atoms with Gasteiger partial charge in [-0.05, 0) is 37.6 Å². The zero-order valence-electron chi connectivity index (χ0n) is 15.6. The van der Waals surface area contributed by atoms with Gasteiger partial charge in [-0.2, -0.15) is 5.10 Å². The molecule has 0 spiro atoms. The summed E-state index contributed by atoms with van der Waals surface area (Å²) in [6.07, 6.45) is -2.83. The molecule has 1 amide bonds. The monoisotopic (exact) mass is 408 g/mol. The van der Waals surface area contributed by atoms with Crippen LogP contribution in [-0.4, -0.2) is 38.7 Å². The summed E-state index contributed by atoms with van der Waals surface area (Å²) in [6.45, 7) is 3.82. The van der Waals surface area contributed by atoms with E-state index in [1.807, 2.05) is 13.8 Å². The van der Waals surface area contributed by atoms with Crippen LogP contribution in [-0.2, 0) is 0 Å². The molecule has 0 saturated heterocycles. The summed E-state index contributed by atoms with van der Waals surface area (Å²) in [5.41, 5.74) is 1.31. The molecule has 2 N–H and O–H groups in total. The molecule has 0 fully saturated rings. The lowest BCUT2D eigenvalue weighted by molar-refractivity contribution is -0.274. The highest BCUT2D eigenvalue weighted by Crippen LogP contribution is 2.24. The highest BCUT2D eigenvalue weighted by molar-refractivity contribution is 5.96. The second-order valence-electron chi connectivity index (χ2n) is 6.66. The zero-order valence-corrected chi connectivity index (χ0v) is 15.6. The maximum atomic E-state index is 12.3. The summed E-state index contributed by atoms with van der Waals surface area (Å²) >= 11 is 0. The second-order valence-corrected chi connectivity index (χ2v) is 6.66. The Balaban J connectivity index is 1.62. The average molecular weight is 408 g/mol. The fourth-order valence-electron chi connectivity index (χ4n) is 2.74. The Hall–Kier alpha value is -3.14. The van der Waals surface area contributed by atoms with Gasteiger partial charge in [0.05, 0.1) is 17.9 Å². The lowest BCUT2D eigenvalue weighted by atomic mass is 10.1. The van der Waals surface area contributed by atoms with E-state index in [1.54, 1.807) is 16.9 Å². The van der Waals surface area contributed by atoms with Crippen LogP contribution in [0.4, 0.5) is 13.2 Å². The van der Waals surface area contributed by atoms with Crippen LogP contribution >= 0.6 is 0 Å². The number of ether oxygens (including phenoxy) is 1. The van der Waals surface area contributed by atoms with Gasteiger partial charge in [0.15, 0.2) is 5.65 Å². The summed E-state index contributed by atoms with van der Waals surface area (Å²) in [5, 5.41) is 17.7. The first-order chi connectivity index (χ1) is 13.6. The van der Waals surface area contributed by atoms with Crippen molar-refractivity contribution in [2.24, 2.45) is 0 Å². The van der Waals surface area contributed by atoms with Gasteiger partial charge in [0.2, 0.25) is 0 Å². The van der Waals surface area contributed by atoms with Gasteiger partial charge in [-0.15, -0.1) is 13.2 Å². The van der Waals surface area contributed by atoms with Gasteiger partial charge >= 0.3 is 6.36 Å². The molecule has 2 aromatic heterocycles. The van der Waals surface area contributed by atoms with Crippen molar-refractivity contribution in [2.75, 3.05) is 6.54 Å². The zero-order chi connectivity index (χ0) is 21.2. The largest absolute Gasteiger partial charge is 0.573 e. The van der Waals surface area contributed by atoms with Crippen molar-refractivity contribution < 1.29 is 27.8 Å². The number of pyridine rings is 1. The Labute approximate surface area is 164 Å². The van der Waals surface area contributed by atoms with Gasteiger partial charge in [-0.25, -0.2) is 9.67 Å². The van der Waals surface area contributed by atoms with Gasteiger partial charge in [0.25, 0.3) is 5.91 Å². The number of hydrogen-bond donors (Lipinski definition) is 2. The number of amides is 1. The van der Waals surface area contributed by atoms with Crippen LogP contribution in [0.1, 0.15) is 41.9 Å². The Morgan fingerprint density at radius 1 is 1.24 bits per heavy atom.